The minimum atomic E-state index is -0.471. The molecule has 86 valence electrons. The molecule has 1 aliphatic heterocycles. The van der Waals surface area contributed by atoms with E-state index >= 15 is 0 Å². The molecule has 0 unspecified atom stereocenters. The highest BCUT2D eigenvalue weighted by atomic mass is 16.2. The number of amides is 2. The first-order valence-corrected chi connectivity index (χ1v) is 5.40. The van der Waals surface area contributed by atoms with Crippen LogP contribution in [0.25, 0.3) is 0 Å². The molecule has 0 radical (unpaired) electrons. The summed E-state index contributed by atoms with van der Waals surface area (Å²) in [7, 11) is 2.01. The third kappa shape index (κ3) is 3.51. The Hall–Kier alpha value is -1.10. The van der Waals surface area contributed by atoms with Crippen molar-refractivity contribution in [2.24, 2.45) is 0 Å². The van der Waals surface area contributed by atoms with Crippen LogP contribution < -0.4 is 5.32 Å². The number of hydrogen-bond donors (Lipinski definition) is 1. The predicted octanol–water partition coefficient (Wildman–Crippen LogP) is -0.713. The minimum absolute atomic E-state index is 0.392. The highest BCUT2D eigenvalue weighted by molar-refractivity contribution is 6.35. The van der Waals surface area contributed by atoms with Gasteiger partial charge < -0.3 is 15.1 Å². The molecule has 15 heavy (non-hydrogen) atoms. The van der Waals surface area contributed by atoms with E-state index in [1.165, 1.54) is 0 Å². The van der Waals surface area contributed by atoms with Crippen LogP contribution in [0.1, 0.15) is 13.3 Å². The Morgan fingerprint density at radius 1 is 1.20 bits per heavy atom. The first kappa shape index (κ1) is 12.0. The average molecular weight is 213 g/mol. The van der Waals surface area contributed by atoms with Crippen LogP contribution in [0, 0.1) is 0 Å². The molecule has 1 rings (SSSR count). The number of nitrogens with one attached hydrogen (secondary N) is 1. The fourth-order valence-corrected chi connectivity index (χ4v) is 1.47. The summed E-state index contributed by atoms with van der Waals surface area (Å²) in [6, 6.07) is 0. The van der Waals surface area contributed by atoms with Crippen molar-refractivity contribution >= 4 is 11.8 Å². The van der Waals surface area contributed by atoms with Crippen molar-refractivity contribution in [3.8, 4) is 0 Å². The topological polar surface area (TPSA) is 52.7 Å². The van der Waals surface area contributed by atoms with Crippen LogP contribution in [-0.2, 0) is 9.59 Å². The molecule has 5 heteroatoms. The smallest absolute Gasteiger partial charge is 0.311 e. The molecule has 1 heterocycles. The summed E-state index contributed by atoms with van der Waals surface area (Å²) in [6.45, 7) is 5.50. The third-order valence-corrected chi connectivity index (χ3v) is 2.52. The fourth-order valence-electron chi connectivity index (χ4n) is 1.47. The van der Waals surface area contributed by atoms with Crippen LogP contribution in [0.3, 0.4) is 0 Å². The predicted molar refractivity (Wildman–Crippen MR) is 57.4 cm³/mol. The summed E-state index contributed by atoms with van der Waals surface area (Å²) in [4.78, 5) is 26.7. The summed E-state index contributed by atoms with van der Waals surface area (Å²) in [6.07, 6.45) is 0.849. The van der Waals surface area contributed by atoms with Crippen molar-refractivity contribution in [3.63, 3.8) is 0 Å². The van der Waals surface area contributed by atoms with Gasteiger partial charge in [-0.3, -0.25) is 9.59 Å². The Labute approximate surface area is 90.4 Å². The second-order valence-electron chi connectivity index (χ2n) is 3.85. The lowest BCUT2D eigenvalue weighted by Gasteiger charge is -2.31. The molecule has 1 N–H and O–H groups in total. The van der Waals surface area contributed by atoms with Gasteiger partial charge in [0.1, 0.15) is 0 Å². The van der Waals surface area contributed by atoms with E-state index in [2.05, 4.69) is 10.2 Å². The number of carbonyl (C=O) groups is 2. The van der Waals surface area contributed by atoms with Crippen LogP contribution in [0.5, 0.6) is 0 Å². The van der Waals surface area contributed by atoms with E-state index in [1.54, 1.807) is 4.90 Å². The van der Waals surface area contributed by atoms with Gasteiger partial charge >= 0.3 is 11.8 Å². The summed E-state index contributed by atoms with van der Waals surface area (Å²) in [5.41, 5.74) is 0. The van der Waals surface area contributed by atoms with Gasteiger partial charge in [-0.15, -0.1) is 0 Å². The number of piperazine rings is 1. The molecule has 0 saturated carbocycles. The second kappa shape index (κ2) is 5.70. The maximum Gasteiger partial charge on any atom is 0.311 e. The highest BCUT2D eigenvalue weighted by Crippen LogP contribution is 1.99. The largest absolute Gasteiger partial charge is 0.348 e. The molecule has 1 aliphatic rings. The Morgan fingerprint density at radius 3 is 2.33 bits per heavy atom. The van der Waals surface area contributed by atoms with Gasteiger partial charge in [-0.05, 0) is 13.5 Å². The lowest BCUT2D eigenvalue weighted by atomic mass is 10.3. The average Bonchev–Trinajstić information content (AvgIpc) is 2.26. The van der Waals surface area contributed by atoms with Crippen molar-refractivity contribution in [2.45, 2.75) is 13.3 Å². The molecule has 0 spiro atoms. The SMILES string of the molecule is CCCNC(=O)C(=O)N1CCN(C)CC1. The van der Waals surface area contributed by atoms with E-state index in [-0.39, 0.29) is 0 Å². The Morgan fingerprint density at radius 2 is 1.80 bits per heavy atom. The molecule has 0 bridgehead atoms. The lowest BCUT2D eigenvalue weighted by molar-refractivity contribution is -0.146. The van der Waals surface area contributed by atoms with Crippen molar-refractivity contribution in [1.29, 1.82) is 0 Å². The second-order valence-corrected chi connectivity index (χ2v) is 3.85. The van der Waals surface area contributed by atoms with Gasteiger partial charge in [-0.25, -0.2) is 0 Å². The number of rotatable bonds is 2. The number of carbonyl (C=O) groups excluding carboxylic acids is 2. The Balaban J connectivity index is 2.36. The summed E-state index contributed by atoms with van der Waals surface area (Å²) in [5.74, 6) is -0.863. The third-order valence-electron chi connectivity index (χ3n) is 2.52. The molecular weight excluding hydrogens is 194 g/mol. The normalized spacial score (nSPS) is 17.6. The first-order valence-electron chi connectivity index (χ1n) is 5.40. The zero-order chi connectivity index (χ0) is 11.3. The van der Waals surface area contributed by atoms with E-state index in [1.807, 2.05) is 14.0 Å². The maximum absolute atomic E-state index is 11.6. The van der Waals surface area contributed by atoms with Gasteiger partial charge in [-0.1, -0.05) is 6.92 Å². The van der Waals surface area contributed by atoms with Crippen molar-refractivity contribution in [3.05, 3.63) is 0 Å². The van der Waals surface area contributed by atoms with Gasteiger partial charge in [0.15, 0.2) is 0 Å². The van der Waals surface area contributed by atoms with E-state index in [0.29, 0.717) is 19.6 Å². The number of hydrogen-bond acceptors (Lipinski definition) is 3. The van der Waals surface area contributed by atoms with Crippen LogP contribution in [0.2, 0.25) is 0 Å². The fraction of sp³-hybridized carbons (Fsp3) is 0.800. The zero-order valence-corrected chi connectivity index (χ0v) is 9.45. The van der Waals surface area contributed by atoms with Gasteiger partial charge in [0.05, 0.1) is 0 Å². The number of nitrogens with zero attached hydrogens (tertiary/aromatic N) is 2. The highest BCUT2D eigenvalue weighted by Gasteiger charge is 2.24. The van der Waals surface area contributed by atoms with Gasteiger partial charge in [-0.2, -0.15) is 0 Å². The van der Waals surface area contributed by atoms with E-state index in [4.69, 9.17) is 0 Å². The van der Waals surface area contributed by atoms with E-state index in [9.17, 15) is 9.59 Å². The minimum Gasteiger partial charge on any atom is -0.348 e. The molecule has 0 atom stereocenters. The van der Waals surface area contributed by atoms with Crippen LogP contribution in [0.15, 0.2) is 0 Å². The van der Waals surface area contributed by atoms with Crippen molar-refractivity contribution in [2.75, 3.05) is 39.8 Å². The molecule has 2 amide bonds. The standard InChI is InChI=1S/C10H19N3O2/c1-3-4-11-9(14)10(15)13-7-5-12(2)6-8-13/h3-8H2,1-2H3,(H,11,14). The molecule has 0 aromatic carbocycles. The van der Waals surface area contributed by atoms with Crippen LogP contribution in [0.4, 0.5) is 0 Å². The monoisotopic (exact) mass is 213 g/mol. The molecular formula is C10H19N3O2. The van der Waals surface area contributed by atoms with Gasteiger partial charge in [0.2, 0.25) is 0 Å². The quantitative estimate of drug-likeness (QED) is 0.616. The van der Waals surface area contributed by atoms with Gasteiger partial charge in [0, 0.05) is 32.7 Å². The molecule has 5 nitrogen and oxygen atoms in total. The Kier molecular flexibility index (Phi) is 4.55. The zero-order valence-electron chi connectivity index (χ0n) is 9.45. The number of likely N-dealkylation sites (N-methyl/N-ethyl adjacent to an activating group) is 1. The first-order chi connectivity index (χ1) is 7.15. The van der Waals surface area contributed by atoms with Crippen molar-refractivity contribution < 1.29 is 9.59 Å². The summed E-state index contributed by atoms with van der Waals surface area (Å²) in [5, 5.41) is 2.60. The molecule has 1 saturated heterocycles. The lowest BCUT2D eigenvalue weighted by Crippen LogP contribution is -2.51. The Bertz CT molecular complexity index is 235. The van der Waals surface area contributed by atoms with E-state index in [0.717, 1.165) is 19.5 Å². The van der Waals surface area contributed by atoms with Gasteiger partial charge in [0.25, 0.3) is 0 Å². The summed E-state index contributed by atoms with van der Waals surface area (Å²) < 4.78 is 0. The van der Waals surface area contributed by atoms with Crippen molar-refractivity contribution in [1.82, 2.24) is 15.1 Å². The van der Waals surface area contributed by atoms with Crippen LogP contribution in [-0.4, -0.2) is 61.4 Å². The van der Waals surface area contributed by atoms with Crippen LogP contribution >= 0.6 is 0 Å². The van der Waals surface area contributed by atoms with E-state index < -0.39 is 11.8 Å². The molecule has 0 aliphatic carbocycles. The molecule has 0 aromatic rings. The maximum atomic E-state index is 11.6. The summed E-state index contributed by atoms with van der Waals surface area (Å²) >= 11 is 0. The molecule has 1 fully saturated rings. The molecule has 0 aromatic heterocycles.